The van der Waals surface area contributed by atoms with Crippen LogP contribution >= 0.6 is 0 Å². The summed E-state index contributed by atoms with van der Waals surface area (Å²) < 4.78 is 0. The van der Waals surface area contributed by atoms with Gasteiger partial charge in [0.15, 0.2) is 0 Å². The number of nitrogens with one attached hydrogen (secondary N) is 1. The van der Waals surface area contributed by atoms with E-state index >= 15 is 0 Å². The minimum Gasteiger partial charge on any atom is -0.370 e. The SMILES string of the molecule is CC(CC(N)=O)NC(C)C(C)C. The van der Waals surface area contributed by atoms with Crippen LogP contribution in [0.3, 0.4) is 0 Å². The van der Waals surface area contributed by atoms with E-state index in [1.54, 1.807) is 0 Å². The summed E-state index contributed by atoms with van der Waals surface area (Å²) in [4.78, 5) is 10.5. The van der Waals surface area contributed by atoms with Crippen molar-refractivity contribution >= 4 is 5.91 Å². The lowest BCUT2D eigenvalue weighted by molar-refractivity contribution is -0.118. The molecule has 0 aromatic heterocycles. The molecule has 0 radical (unpaired) electrons. The lowest BCUT2D eigenvalue weighted by Gasteiger charge is -2.21. The molecule has 0 rings (SSSR count). The Morgan fingerprint density at radius 2 is 1.83 bits per heavy atom. The molecule has 2 unspecified atom stereocenters. The summed E-state index contributed by atoms with van der Waals surface area (Å²) in [7, 11) is 0. The third-order valence-corrected chi connectivity index (χ3v) is 2.05. The van der Waals surface area contributed by atoms with Gasteiger partial charge in [-0.25, -0.2) is 0 Å². The average Bonchev–Trinajstić information content (AvgIpc) is 1.84. The minimum atomic E-state index is -0.244. The largest absolute Gasteiger partial charge is 0.370 e. The molecule has 0 bridgehead atoms. The standard InChI is InChI=1S/C9H20N2O/c1-6(2)8(4)11-7(3)5-9(10)12/h6-8,11H,5H2,1-4H3,(H2,10,12). The van der Waals surface area contributed by atoms with Gasteiger partial charge in [-0.1, -0.05) is 13.8 Å². The van der Waals surface area contributed by atoms with Crippen LogP contribution in [0.15, 0.2) is 0 Å². The number of hydrogen-bond acceptors (Lipinski definition) is 2. The number of primary amides is 1. The van der Waals surface area contributed by atoms with Gasteiger partial charge in [-0.3, -0.25) is 4.79 Å². The fraction of sp³-hybridized carbons (Fsp3) is 0.889. The van der Waals surface area contributed by atoms with Gasteiger partial charge in [0, 0.05) is 18.5 Å². The van der Waals surface area contributed by atoms with Crippen LogP contribution in [0.25, 0.3) is 0 Å². The van der Waals surface area contributed by atoms with Gasteiger partial charge in [0.05, 0.1) is 0 Å². The Morgan fingerprint density at radius 1 is 1.33 bits per heavy atom. The summed E-state index contributed by atoms with van der Waals surface area (Å²) in [6.07, 6.45) is 0.414. The molecule has 72 valence electrons. The molecule has 0 aromatic carbocycles. The minimum absolute atomic E-state index is 0.180. The Bertz CT molecular complexity index is 145. The predicted octanol–water partition coefficient (Wildman–Crippen LogP) is 0.884. The highest BCUT2D eigenvalue weighted by Gasteiger charge is 2.11. The van der Waals surface area contributed by atoms with Crippen LogP contribution in [-0.2, 0) is 4.79 Å². The molecule has 3 nitrogen and oxygen atoms in total. The molecule has 0 heterocycles. The van der Waals surface area contributed by atoms with Crippen molar-refractivity contribution in [3.63, 3.8) is 0 Å². The lowest BCUT2D eigenvalue weighted by Crippen LogP contribution is -2.39. The maximum Gasteiger partial charge on any atom is 0.218 e. The van der Waals surface area contributed by atoms with Crippen LogP contribution in [0.4, 0.5) is 0 Å². The highest BCUT2D eigenvalue weighted by Crippen LogP contribution is 2.02. The predicted molar refractivity (Wildman–Crippen MR) is 50.7 cm³/mol. The van der Waals surface area contributed by atoms with E-state index in [-0.39, 0.29) is 11.9 Å². The van der Waals surface area contributed by atoms with E-state index in [2.05, 4.69) is 26.1 Å². The van der Waals surface area contributed by atoms with Crippen LogP contribution < -0.4 is 11.1 Å². The number of amides is 1. The van der Waals surface area contributed by atoms with Gasteiger partial charge in [-0.2, -0.15) is 0 Å². The second-order valence-corrected chi connectivity index (χ2v) is 3.77. The summed E-state index contributed by atoms with van der Waals surface area (Å²) in [6.45, 7) is 8.38. The molecule has 0 aliphatic rings. The molecular weight excluding hydrogens is 152 g/mol. The first-order valence-corrected chi connectivity index (χ1v) is 4.47. The summed E-state index contributed by atoms with van der Waals surface area (Å²) in [5.41, 5.74) is 5.07. The van der Waals surface area contributed by atoms with Crippen molar-refractivity contribution in [1.29, 1.82) is 0 Å². The summed E-state index contributed by atoms with van der Waals surface area (Å²) in [5, 5.41) is 3.31. The van der Waals surface area contributed by atoms with Gasteiger partial charge in [0.1, 0.15) is 0 Å². The molecule has 0 saturated carbocycles. The number of rotatable bonds is 5. The van der Waals surface area contributed by atoms with Crippen molar-refractivity contribution in [2.75, 3.05) is 0 Å². The van der Waals surface area contributed by atoms with Gasteiger partial charge in [0.25, 0.3) is 0 Å². The quantitative estimate of drug-likeness (QED) is 0.647. The molecular formula is C9H20N2O. The number of nitrogens with two attached hydrogens (primary N) is 1. The molecule has 3 N–H and O–H groups in total. The molecule has 0 saturated heterocycles. The van der Waals surface area contributed by atoms with E-state index in [0.29, 0.717) is 18.4 Å². The Labute approximate surface area is 74.7 Å². The number of carbonyl (C=O) groups excluding carboxylic acids is 1. The van der Waals surface area contributed by atoms with Gasteiger partial charge in [-0.15, -0.1) is 0 Å². The van der Waals surface area contributed by atoms with E-state index < -0.39 is 0 Å². The first-order chi connectivity index (χ1) is 5.43. The summed E-state index contributed by atoms with van der Waals surface area (Å²) in [6, 6.07) is 0.610. The molecule has 0 fully saturated rings. The molecule has 2 atom stereocenters. The maximum atomic E-state index is 10.5. The van der Waals surface area contributed by atoms with Gasteiger partial charge < -0.3 is 11.1 Å². The van der Waals surface area contributed by atoms with Crippen molar-refractivity contribution in [2.24, 2.45) is 11.7 Å². The molecule has 0 aliphatic carbocycles. The van der Waals surface area contributed by atoms with Crippen LogP contribution in [0, 0.1) is 5.92 Å². The third-order valence-electron chi connectivity index (χ3n) is 2.05. The first kappa shape index (κ1) is 11.4. The van der Waals surface area contributed by atoms with Crippen LogP contribution in [0.2, 0.25) is 0 Å². The Balaban J connectivity index is 3.68. The van der Waals surface area contributed by atoms with Crippen molar-refractivity contribution < 1.29 is 4.79 Å². The van der Waals surface area contributed by atoms with E-state index in [4.69, 9.17) is 5.73 Å². The molecule has 0 aliphatic heterocycles. The van der Waals surface area contributed by atoms with E-state index in [0.717, 1.165) is 0 Å². The average molecular weight is 172 g/mol. The zero-order valence-electron chi connectivity index (χ0n) is 8.42. The van der Waals surface area contributed by atoms with Gasteiger partial charge in [0.2, 0.25) is 5.91 Å². The molecule has 0 aromatic rings. The Hall–Kier alpha value is -0.570. The second-order valence-electron chi connectivity index (χ2n) is 3.77. The first-order valence-electron chi connectivity index (χ1n) is 4.47. The number of hydrogen-bond donors (Lipinski definition) is 2. The third kappa shape index (κ3) is 5.13. The van der Waals surface area contributed by atoms with E-state index in [1.807, 2.05) is 6.92 Å². The normalized spacial score (nSPS) is 16.1. The lowest BCUT2D eigenvalue weighted by atomic mass is 10.0. The molecule has 3 heteroatoms. The smallest absolute Gasteiger partial charge is 0.218 e. The highest BCUT2D eigenvalue weighted by molar-refractivity contribution is 5.74. The molecule has 1 amide bonds. The van der Waals surface area contributed by atoms with E-state index in [1.165, 1.54) is 0 Å². The van der Waals surface area contributed by atoms with Crippen molar-refractivity contribution in [3.8, 4) is 0 Å². The number of carbonyl (C=O) groups is 1. The van der Waals surface area contributed by atoms with Gasteiger partial charge in [-0.05, 0) is 19.8 Å². The zero-order valence-corrected chi connectivity index (χ0v) is 8.42. The fourth-order valence-electron chi connectivity index (χ4n) is 1.00. The van der Waals surface area contributed by atoms with Crippen LogP contribution in [0.5, 0.6) is 0 Å². The zero-order chi connectivity index (χ0) is 9.72. The summed E-state index contributed by atoms with van der Waals surface area (Å²) in [5.74, 6) is 0.339. The van der Waals surface area contributed by atoms with Crippen molar-refractivity contribution in [1.82, 2.24) is 5.32 Å². The van der Waals surface area contributed by atoms with Crippen molar-refractivity contribution in [2.45, 2.75) is 46.2 Å². The van der Waals surface area contributed by atoms with Gasteiger partial charge >= 0.3 is 0 Å². The van der Waals surface area contributed by atoms with Crippen LogP contribution in [-0.4, -0.2) is 18.0 Å². The van der Waals surface area contributed by atoms with E-state index in [9.17, 15) is 4.79 Å². The monoisotopic (exact) mass is 172 g/mol. The topological polar surface area (TPSA) is 55.1 Å². The van der Waals surface area contributed by atoms with Crippen LogP contribution in [0.1, 0.15) is 34.1 Å². The second kappa shape index (κ2) is 5.14. The molecule has 12 heavy (non-hydrogen) atoms. The molecule has 0 spiro atoms. The Morgan fingerprint density at radius 3 is 2.17 bits per heavy atom. The highest BCUT2D eigenvalue weighted by atomic mass is 16.1. The Kier molecular flexibility index (Phi) is 4.90. The fourth-order valence-corrected chi connectivity index (χ4v) is 1.00. The summed E-state index contributed by atoms with van der Waals surface area (Å²) >= 11 is 0. The maximum absolute atomic E-state index is 10.5. The van der Waals surface area contributed by atoms with Crippen molar-refractivity contribution in [3.05, 3.63) is 0 Å².